The number of carboxylic acid groups (broad SMARTS) is 1. The number of likely N-dealkylation sites (tertiary alicyclic amines) is 1. The van der Waals surface area contributed by atoms with Gasteiger partial charge in [-0.3, -0.25) is 9.69 Å². The summed E-state index contributed by atoms with van der Waals surface area (Å²) < 4.78 is 0. The van der Waals surface area contributed by atoms with Gasteiger partial charge in [0.25, 0.3) is 0 Å². The van der Waals surface area contributed by atoms with Crippen LogP contribution < -0.4 is 0 Å². The predicted molar refractivity (Wildman–Crippen MR) is 71.6 cm³/mol. The Morgan fingerprint density at radius 1 is 1.39 bits per heavy atom. The van der Waals surface area contributed by atoms with Gasteiger partial charge in [-0.1, -0.05) is 18.2 Å². The molecule has 1 atom stereocenters. The van der Waals surface area contributed by atoms with E-state index in [4.69, 9.17) is 5.11 Å². The van der Waals surface area contributed by atoms with Crippen molar-refractivity contribution >= 4 is 5.97 Å². The monoisotopic (exact) mass is 247 g/mol. The third-order valence-corrected chi connectivity index (χ3v) is 3.83. The van der Waals surface area contributed by atoms with Crippen LogP contribution in [0.1, 0.15) is 29.5 Å². The fraction of sp³-hybridized carbons (Fsp3) is 0.533. The summed E-state index contributed by atoms with van der Waals surface area (Å²) in [5, 5.41) is 9.08. The van der Waals surface area contributed by atoms with Crippen LogP contribution in [-0.2, 0) is 11.3 Å². The number of carboxylic acids is 1. The van der Waals surface area contributed by atoms with E-state index < -0.39 is 5.97 Å². The molecule has 0 aliphatic carbocycles. The van der Waals surface area contributed by atoms with Crippen molar-refractivity contribution in [2.75, 3.05) is 13.1 Å². The van der Waals surface area contributed by atoms with Crippen molar-refractivity contribution in [3.8, 4) is 0 Å². The minimum absolute atomic E-state index is 0.190. The molecular formula is C15H21NO2. The maximum Gasteiger partial charge on any atom is 0.307 e. The molecule has 1 saturated heterocycles. The number of carbonyl (C=O) groups is 1. The first-order valence-electron chi connectivity index (χ1n) is 6.57. The molecule has 0 bridgehead atoms. The first-order valence-corrected chi connectivity index (χ1v) is 6.57. The highest BCUT2D eigenvalue weighted by Crippen LogP contribution is 2.19. The van der Waals surface area contributed by atoms with E-state index >= 15 is 0 Å². The standard InChI is InChI=1S/C15H21NO2/c1-11-5-6-13(8-12(11)2)9-16-7-3-4-14(10-16)15(17)18/h5-6,8,14H,3-4,7,9-10H2,1-2H3,(H,17,18)/t14-/m1/s1. The zero-order chi connectivity index (χ0) is 13.1. The number of hydrogen-bond donors (Lipinski definition) is 1. The van der Waals surface area contributed by atoms with Gasteiger partial charge in [0, 0.05) is 13.1 Å². The molecule has 0 amide bonds. The molecule has 2 rings (SSSR count). The number of aliphatic carboxylic acids is 1. The summed E-state index contributed by atoms with van der Waals surface area (Å²) in [4.78, 5) is 13.3. The maximum atomic E-state index is 11.0. The Labute approximate surface area is 108 Å². The second kappa shape index (κ2) is 5.53. The van der Waals surface area contributed by atoms with Crippen molar-refractivity contribution in [2.45, 2.75) is 33.2 Å². The molecule has 0 spiro atoms. The third-order valence-electron chi connectivity index (χ3n) is 3.83. The summed E-state index contributed by atoms with van der Waals surface area (Å²) >= 11 is 0. The zero-order valence-corrected chi connectivity index (χ0v) is 11.1. The highest BCUT2D eigenvalue weighted by atomic mass is 16.4. The van der Waals surface area contributed by atoms with Gasteiger partial charge in [-0.15, -0.1) is 0 Å². The minimum atomic E-state index is -0.653. The van der Waals surface area contributed by atoms with E-state index in [0.29, 0.717) is 6.54 Å². The van der Waals surface area contributed by atoms with E-state index in [1.54, 1.807) is 0 Å². The molecule has 0 unspecified atom stereocenters. The summed E-state index contributed by atoms with van der Waals surface area (Å²) in [6, 6.07) is 6.50. The lowest BCUT2D eigenvalue weighted by atomic mass is 9.97. The van der Waals surface area contributed by atoms with Crippen molar-refractivity contribution in [1.29, 1.82) is 0 Å². The van der Waals surface area contributed by atoms with Crippen molar-refractivity contribution in [2.24, 2.45) is 5.92 Å². The van der Waals surface area contributed by atoms with Crippen LogP contribution in [0.15, 0.2) is 18.2 Å². The van der Waals surface area contributed by atoms with E-state index in [1.807, 2.05) is 0 Å². The topological polar surface area (TPSA) is 40.5 Å². The van der Waals surface area contributed by atoms with Crippen molar-refractivity contribution in [3.05, 3.63) is 34.9 Å². The van der Waals surface area contributed by atoms with Crippen molar-refractivity contribution in [3.63, 3.8) is 0 Å². The Bertz CT molecular complexity index is 442. The summed E-state index contributed by atoms with van der Waals surface area (Å²) in [6.07, 6.45) is 1.81. The Hall–Kier alpha value is -1.35. The Kier molecular flexibility index (Phi) is 4.02. The summed E-state index contributed by atoms with van der Waals surface area (Å²) in [5.41, 5.74) is 3.89. The quantitative estimate of drug-likeness (QED) is 0.892. The Morgan fingerprint density at radius 2 is 2.17 bits per heavy atom. The molecule has 98 valence electrons. The van der Waals surface area contributed by atoms with Crippen LogP contribution in [0.25, 0.3) is 0 Å². The van der Waals surface area contributed by atoms with E-state index in [1.165, 1.54) is 16.7 Å². The average Bonchev–Trinajstić information content (AvgIpc) is 2.34. The molecule has 18 heavy (non-hydrogen) atoms. The first kappa shape index (κ1) is 13.1. The normalized spacial score (nSPS) is 20.9. The largest absolute Gasteiger partial charge is 0.481 e. The Balaban J connectivity index is 2.00. The maximum absolute atomic E-state index is 11.0. The highest BCUT2D eigenvalue weighted by Gasteiger charge is 2.25. The lowest BCUT2D eigenvalue weighted by Crippen LogP contribution is -2.38. The number of hydrogen-bond acceptors (Lipinski definition) is 2. The summed E-state index contributed by atoms with van der Waals surface area (Å²) in [5.74, 6) is -0.843. The van der Waals surface area contributed by atoms with Gasteiger partial charge in [-0.05, 0) is 49.9 Å². The molecule has 1 N–H and O–H groups in total. The van der Waals surface area contributed by atoms with Gasteiger partial charge in [-0.25, -0.2) is 0 Å². The third kappa shape index (κ3) is 3.10. The van der Waals surface area contributed by atoms with Crippen molar-refractivity contribution < 1.29 is 9.90 Å². The molecule has 1 aliphatic heterocycles. The molecule has 0 radical (unpaired) electrons. The van der Waals surface area contributed by atoms with Gasteiger partial charge in [0.15, 0.2) is 0 Å². The number of rotatable bonds is 3. The highest BCUT2D eigenvalue weighted by molar-refractivity contribution is 5.70. The van der Waals surface area contributed by atoms with Crippen LogP contribution in [0, 0.1) is 19.8 Å². The van der Waals surface area contributed by atoms with Crippen LogP contribution >= 0.6 is 0 Å². The molecular weight excluding hydrogens is 226 g/mol. The van der Waals surface area contributed by atoms with Gasteiger partial charge in [0.05, 0.1) is 5.92 Å². The van der Waals surface area contributed by atoms with Crippen LogP contribution in [0.2, 0.25) is 0 Å². The molecule has 3 heteroatoms. The SMILES string of the molecule is Cc1ccc(CN2CCC[C@@H](C(=O)O)C2)cc1C. The van der Waals surface area contributed by atoms with Crippen LogP contribution in [-0.4, -0.2) is 29.1 Å². The molecule has 1 heterocycles. The fourth-order valence-corrected chi connectivity index (χ4v) is 2.56. The average molecular weight is 247 g/mol. The van der Waals surface area contributed by atoms with Crippen LogP contribution in [0.3, 0.4) is 0 Å². The molecule has 3 nitrogen and oxygen atoms in total. The summed E-state index contributed by atoms with van der Waals surface area (Å²) in [7, 11) is 0. The van der Waals surface area contributed by atoms with E-state index in [0.717, 1.165) is 25.9 Å². The van der Waals surface area contributed by atoms with Crippen molar-refractivity contribution in [1.82, 2.24) is 4.90 Å². The molecule has 1 aliphatic rings. The summed E-state index contributed by atoms with van der Waals surface area (Å²) in [6.45, 7) is 6.79. The minimum Gasteiger partial charge on any atom is -0.481 e. The van der Waals surface area contributed by atoms with Gasteiger partial charge in [0.1, 0.15) is 0 Å². The predicted octanol–water partition coefficient (Wildman–Crippen LogP) is 2.60. The van der Waals surface area contributed by atoms with E-state index in [9.17, 15) is 4.79 Å². The second-order valence-electron chi connectivity index (χ2n) is 5.33. The smallest absolute Gasteiger partial charge is 0.307 e. The van der Waals surface area contributed by atoms with Gasteiger partial charge < -0.3 is 5.11 Å². The Morgan fingerprint density at radius 3 is 2.83 bits per heavy atom. The van der Waals surface area contributed by atoms with E-state index in [2.05, 4.69) is 36.9 Å². The number of nitrogens with zero attached hydrogens (tertiary/aromatic N) is 1. The molecule has 1 aromatic carbocycles. The molecule has 0 aromatic heterocycles. The lowest BCUT2D eigenvalue weighted by molar-refractivity contribution is -0.143. The second-order valence-corrected chi connectivity index (χ2v) is 5.33. The van der Waals surface area contributed by atoms with Gasteiger partial charge in [-0.2, -0.15) is 0 Å². The fourth-order valence-electron chi connectivity index (χ4n) is 2.56. The van der Waals surface area contributed by atoms with Gasteiger partial charge in [0.2, 0.25) is 0 Å². The molecule has 1 fully saturated rings. The van der Waals surface area contributed by atoms with Gasteiger partial charge >= 0.3 is 5.97 Å². The van der Waals surface area contributed by atoms with E-state index in [-0.39, 0.29) is 5.92 Å². The molecule has 0 saturated carbocycles. The lowest BCUT2D eigenvalue weighted by Gasteiger charge is -2.30. The van der Waals surface area contributed by atoms with Crippen LogP contribution in [0.5, 0.6) is 0 Å². The van der Waals surface area contributed by atoms with Crippen LogP contribution in [0.4, 0.5) is 0 Å². The molecule has 1 aromatic rings. The first-order chi connectivity index (χ1) is 8.56. The number of benzene rings is 1. The number of aryl methyl sites for hydroxylation is 2. The zero-order valence-electron chi connectivity index (χ0n) is 11.1. The number of piperidine rings is 1.